The van der Waals surface area contributed by atoms with E-state index in [1.165, 1.54) is 4.90 Å². The fourth-order valence-electron chi connectivity index (χ4n) is 5.61. The van der Waals surface area contributed by atoms with Gasteiger partial charge in [0.1, 0.15) is 10.6 Å². The van der Waals surface area contributed by atoms with Crippen molar-refractivity contribution in [1.29, 1.82) is 0 Å². The van der Waals surface area contributed by atoms with Crippen LogP contribution in [-0.4, -0.2) is 22.0 Å². The second kappa shape index (κ2) is 8.33. The van der Waals surface area contributed by atoms with Gasteiger partial charge in [0, 0.05) is 10.6 Å². The molecule has 192 valence electrons. The number of fused-ring (bicyclic) bond motifs is 5. The first-order valence-electron chi connectivity index (χ1n) is 12.2. The smallest absolute Gasteiger partial charge is 0.297 e. The first-order chi connectivity index (χ1) is 18.8. The fourth-order valence-corrected chi connectivity index (χ4v) is 6.54. The van der Waals surface area contributed by atoms with Crippen LogP contribution in [0.2, 0.25) is 5.02 Å². The van der Waals surface area contributed by atoms with Crippen LogP contribution in [0.25, 0.3) is 11.0 Å². The molecule has 8 nitrogen and oxygen atoms in total. The van der Waals surface area contributed by atoms with Gasteiger partial charge in [-0.15, -0.1) is 10.2 Å². The molecule has 0 saturated carbocycles. The summed E-state index contributed by atoms with van der Waals surface area (Å²) in [4.78, 5) is 46.1. The van der Waals surface area contributed by atoms with Crippen molar-refractivity contribution in [1.82, 2.24) is 10.2 Å². The quantitative estimate of drug-likeness (QED) is 0.298. The Morgan fingerprint density at radius 2 is 1.74 bits per heavy atom. The molecule has 5 aromatic rings. The normalized spacial score (nSPS) is 17.9. The zero-order chi connectivity index (χ0) is 27.1. The summed E-state index contributed by atoms with van der Waals surface area (Å²) in [6.07, 6.45) is 0. The lowest BCUT2D eigenvalue weighted by Crippen LogP contribution is -2.53. The van der Waals surface area contributed by atoms with Gasteiger partial charge in [-0.1, -0.05) is 71.0 Å². The van der Waals surface area contributed by atoms with Crippen LogP contribution in [0, 0.1) is 13.8 Å². The van der Waals surface area contributed by atoms with Gasteiger partial charge < -0.3 is 9.32 Å². The summed E-state index contributed by atoms with van der Waals surface area (Å²) in [6.45, 7) is 3.77. The SMILES string of the molecule is Cc1ccc2oc3c(c(=O)c2c1)C1(C(=O)N(Cc2ccccc2Cl)c2ccccc21)N(c1nnc(C)s1)C3=O. The predicted octanol–water partition coefficient (Wildman–Crippen LogP) is 5.37. The van der Waals surface area contributed by atoms with E-state index >= 15 is 0 Å². The molecule has 0 fully saturated rings. The molecule has 0 saturated heterocycles. The maximum Gasteiger partial charge on any atom is 0.297 e. The first-order valence-corrected chi connectivity index (χ1v) is 13.4. The third-order valence-corrected chi connectivity index (χ3v) is 8.47. The molecule has 1 atom stereocenters. The van der Waals surface area contributed by atoms with Gasteiger partial charge in [-0.25, -0.2) is 0 Å². The maximum atomic E-state index is 14.8. The molecule has 0 radical (unpaired) electrons. The van der Waals surface area contributed by atoms with Crippen LogP contribution < -0.4 is 15.2 Å². The summed E-state index contributed by atoms with van der Waals surface area (Å²) in [5.74, 6) is -1.27. The second-order valence-electron chi connectivity index (χ2n) is 9.59. The summed E-state index contributed by atoms with van der Waals surface area (Å²) < 4.78 is 6.11. The van der Waals surface area contributed by atoms with Gasteiger partial charge in [-0.3, -0.25) is 19.3 Å². The average Bonchev–Trinajstić information content (AvgIpc) is 3.54. The van der Waals surface area contributed by atoms with Crippen LogP contribution in [-0.2, 0) is 16.9 Å². The number of carbonyl (C=O) groups excluding carboxylic acids is 2. The molecular weight excluding hydrogens is 536 g/mol. The third-order valence-electron chi connectivity index (χ3n) is 7.27. The molecule has 4 heterocycles. The van der Waals surface area contributed by atoms with Crippen molar-refractivity contribution in [3.05, 3.63) is 115 Å². The van der Waals surface area contributed by atoms with E-state index in [0.29, 0.717) is 26.7 Å². The Hall–Kier alpha value is -4.34. The number of anilines is 2. The van der Waals surface area contributed by atoms with E-state index < -0.39 is 22.8 Å². The number of halogens is 1. The molecule has 3 aromatic carbocycles. The molecule has 1 spiro atoms. The van der Waals surface area contributed by atoms with Crippen LogP contribution >= 0.6 is 22.9 Å². The molecule has 0 bridgehead atoms. The summed E-state index contributed by atoms with van der Waals surface area (Å²) in [7, 11) is 0. The lowest BCUT2D eigenvalue weighted by Gasteiger charge is -2.32. The number of amides is 2. The molecule has 7 rings (SSSR count). The van der Waals surface area contributed by atoms with E-state index in [0.717, 1.165) is 22.5 Å². The van der Waals surface area contributed by atoms with Crippen molar-refractivity contribution in [2.24, 2.45) is 0 Å². The number of carbonyl (C=O) groups is 2. The van der Waals surface area contributed by atoms with Gasteiger partial charge in [0.25, 0.3) is 11.8 Å². The number of aryl methyl sites for hydroxylation is 2. The summed E-state index contributed by atoms with van der Waals surface area (Å²) in [5.41, 5.74) is 0.627. The van der Waals surface area contributed by atoms with Gasteiger partial charge in [0.15, 0.2) is 11.0 Å². The number of benzene rings is 3. The Balaban J connectivity index is 1.57. The second-order valence-corrected chi connectivity index (χ2v) is 11.2. The minimum atomic E-state index is -1.82. The minimum absolute atomic E-state index is 0.0161. The molecule has 1 unspecified atom stereocenters. The van der Waals surface area contributed by atoms with Gasteiger partial charge in [-0.05, 0) is 43.7 Å². The molecule has 2 aliphatic rings. The van der Waals surface area contributed by atoms with E-state index in [9.17, 15) is 14.4 Å². The Morgan fingerprint density at radius 3 is 2.51 bits per heavy atom. The van der Waals surface area contributed by atoms with Crippen molar-refractivity contribution in [3.8, 4) is 0 Å². The molecule has 39 heavy (non-hydrogen) atoms. The monoisotopic (exact) mass is 554 g/mol. The van der Waals surface area contributed by atoms with Crippen LogP contribution in [0.4, 0.5) is 10.8 Å². The number of aromatic nitrogens is 2. The Bertz CT molecular complexity index is 1930. The lowest BCUT2D eigenvalue weighted by molar-refractivity contribution is -0.121. The van der Waals surface area contributed by atoms with Crippen molar-refractivity contribution < 1.29 is 14.0 Å². The molecule has 0 N–H and O–H groups in total. The topological polar surface area (TPSA) is 96.6 Å². The lowest BCUT2D eigenvalue weighted by atomic mass is 9.84. The van der Waals surface area contributed by atoms with Gasteiger partial charge in [-0.2, -0.15) is 0 Å². The zero-order valence-electron chi connectivity index (χ0n) is 20.8. The van der Waals surface area contributed by atoms with Crippen molar-refractivity contribution in [2.45, 2.75) is 25.9 Å². The summed E-state index contributed by atoms with van der Waals surface area (Å²) >= 11 is 7.65. The van der Waals surface area contributed by atoms with Crippen molar-refractivity contribution in [2.75, 3.05) is 9.80 Å². The summed E-state index contributed by atoms with van der Waals surface area (Å²) in [6, 6.07) is 19.6. The summed E-state index contributed by atoms with van der Waals surface area (Å²) in [5, 5.41) is 9.95. The molecule has 2 aliphatic heterocycles. The molecule has 0 aliphatic carbocycles. The van der Waals surface area contributed by atoms with Crippen LogP contribution in [0.1, 0.15) is 37.8 Å². The zero-order valence-corrected chi connectivity index (χ0v) is 22.3. The van der Waals surface area contributed by atoms with Crippen LogP contribution in [0.5, 0.6) is 0 Å². The molecular formula is C29H19ClN4O4S. The molecule has 2 aromatic heterocycles. The molecule has 2 amide bonds. The minimum Gasteiger partial charge on any atom is -0.450 e. The predicted molar refractivity (Wildman–Crippen MR) is 149 cm³/mol. The Kier molecular flexibility index (Phi) is 5.07. The highest BCUT2D eigenvalue weighted by Crippen LogP contribution is 2.54. The van der Waals surface area contributed by atoms with Gasteiger partial charge in [0.2, 0.25) is 10.9 Å². The van der Waals surface area contributed by atoms with Crippen LogP contribution in [0.3, 0.4) is 0 Å². The van der Waals surface area contributed by atoms with Crippen molar-refractivity contribution >= 4 is 56.5 Å². The number of hydrogen-bond acceptors (Lipinski definition) is 7. The largest absolute Gasteiger partial charge is 0.450 e. The van der Waals surface area contributed by atoms with E-state index in [4.69, 9.17) is 16.0 Å². The highest BCUT2D eigenvalue weighted by atomic mass is 35.5. The maximum absolute atomic E-state index is 14.8. The van der Waals surface area contributed by atoms with Crippen molar-refractivity contribution in [3.63, 3.8) is 0 Å². The van der Waals surface area contributed by atoms with Gasteiger partial charge >= 0.3 is 0 Å². The highest BCUT2D eigenvalue weighted by Gasteiger charge is 2.66. The fraction of sp³-hybridized carbons (Fsp3) is 0.138. The first kappa shape index (κ1) is 23.8. The Labute approximate surface area is 231 Å². The number of para-hydroxylation sites is 1. The van der Waals surface area contributed by atoms with Gasteiger partial charge in [0.05, 0.1) is 23.2 Å². The Morgan fingerprint density at radius 1 is 0.974 bits per heavy atom. The average molecular weight is 555 g/mol. The number of nitrogens with zero attached hydrogens (tertiary/aromatic N) is 4. The van der Waals surface area contributed by atoms with Crippen LogP contribution in [0.15, 0.2) is 75.9 Å². The van der Waals surface area contributed by atoms with E-state index in [1.807, 2.05) is 31.2 Å². The number of hydrogen-bond donors (Lipinski definition) is 0. The van der Waals surface area contributed by atoms with E-state index in [-0.39, 0.29) is 28.6 Å². The number of rotatable bonds is 3. The standard InChI is InChI=1S/C29H19ClN4O4S/c1-15-11-12-22-18(13-15)24(35)23-25(38-22)26(36)34(28-32-31-16(2)39-28)29(23)19-8-4-6-10-21(19)33(27(29)37)14-17-7-3-5-9-20(17)30/h3-13H,14H2,1-2H3. The van der Waals surface area contributed by atoms with E-state index in [1.54, 1.807) is 54.3 Å². The highest BCUT2D eigenvalue weighted by molar-refractivity contribution is 7.15. The molecule has 10 heteroatoms. The van der Waals surface area contributed by atoms with E-state index in [2.05, 4.69) is 10.2 Å². The third kappa shape index (κ3) is 3.14.